The first-order chi connectivity index (χ1) is 9.15. The fourth-order valence-corrected chi connectivity index (χ4v) is 2.35. The Hall–Kier alpha value is -1.78. The summed E-state index contributed by atoms with van der Waals surface area (Å²) in [4.78, 5) is 4.57. The molecule has 19 heavy (non-hydrogen) atoms. The molecule has 0 fully saturated rings. The maximum absolute atomic E-state index is 6.07. The largest absolute Gasteiger partial charge is 0.467 e. The molecule has 0 aliphatic rings. The van der Waals surface area contributed by atoms with Crippen molar-refractivity contribution in [1.29, 1.82) is 0 Å². The number of imidazole rings is 1. The fraction of sp³-hybridized carbons (Fsp3) is 0.214. The van der Waals surface area contributed by atoms with Gasteiger partial charge in [-0.25, -0.2) is 4.98 Å². The van der Waals surface area contributed by atoms with E-state index >= 15 is 0 Å². The molecule has 0 aliphatic carbocycles. The Morgan fingerprint density at radius 1 is 1.42 bits per heavy atom. The lowest BCUT2D eigenvalue weighted by molar-refractivity contribution is 0.488. The van der Waals surface area contributed by atoms with Crippen LogP contribution in [0.1, 0.15) is 24.6 Å². The highest BCUT2D eigenvalue weighted by atomic mass is 35.5. The van der Waals surface area contributed by atoms with Crippen LogP contribution in [0.15, 0.2) is 41.0 Å². The molecule has 5 heteroatoms. The second-order valence-electron chi connectivity index (χ2n) is 4.56. The number of nitrogens with zero attached hydrogens (tertiary/aromatic N) is 2. The van der Waals surface area contributed by atoms with Gasteiger partial charge in [0.2, 0.25) is 0 Å². The summed E-state index contributed by atoms with van der Waals surface area (Å²) in [6.45, 7) is 2.52. The highest BCUT2D eigenvalue weighted by molar-refractivity contribution is 6.31. The minimum Gasteiger partial charge on any atom is -0.467 e. The quantitative estimate of drug-likeness (QED) is 0.797. The number of hydrogen-bond acceptors (Lipinski definition) is 3. The lowest BCUT2D eigenvalue weighted by atomic mass is 10.3. The van der Waals surface area contributed by atoms with Crippen LogP contribution in [0.4, 0.5) is 0 Å². The fourth-order valence-electron chi connectivity index (χ4n) is 2.19. The van der Waals surface area contributed by atoms with Gasteiger partial charge in [-0.1, -0.05) is 11.6 Å². The summed E-state index contributed by atoms with van der Waals surface area (Å²) in [5.74, 6) is 1.69. The Bertz CT molecular complexity index is 701. The zero-order valence-electron chi connectivity index (χ0n) is 10.5. The van der Waals surface area contributed by atoms with E-state index in [0.29, 0.717) is 11.6 Å². The Morgan fingerprint density at radius 2 is 2.26 bits per heavy atom. The molecule has 0 amide bonds. The average Bonchev–Trinajstić information content (AvgIpc) is 2.98. The lowest BCUT2D eigenvalue weighted by Crippen LogP contribution is -2.14. The number of fused-ring (bicyclic) bond motifs is 1. The van der Waals surface area contributed by atoms with Crippen molar-refractivity contribution >= 4 is 22.6 Å². The molecule has 1 unspecified atom stereocenters. The van der Waals surface area contributed by atoms with E-state index in [1.54, 1.807) is 6.26 Å². The van der Waals surface area contributed by atoms with Crippen LogP contribution >= 0.6 is 11.6 Å². The number of benzene rings is 1. The summed E-state index contributed by atoms with van der Waals surface area (Å²) < 4.78 is 7.44. The summed E-state index contributed by atoms with van der Waals surface area (Å²) in [5.41, 5.74) is 7.86. The third-order valence-electron chi connectivity index (χ3n) is 3.04. The van der Waals surface area contributed by atoms with Crippen molar-refractivity contribution < 1.29 is 4.42 Å². The van der Waals surface area contributed by atoms with Gasteiger partial charge >= 0.3 is 0 Å². The van der Waals surface area contributed by atoms with Gasteiger partial charge in [0.1, 0.15) is 11.6 Å². The smallest absolute Gasteiger partial charge is 0.127 e. The molecule has 3 aromatic rings. The molecule has 2 N–H and O–H groups in total. The van der Waals surface area contributed by atoms with Gasteiger partial charge in [0.25, 0.3) is 0 Å². The van der Waals surface area contributed by atoms with Gasteiger partial charge in [-0.3, -0.25) is 0 Å². The monoisotopic (exact) mass is 275 g/mol. The van der Waals surface area contributed by atoms with Crippen molar-refractivity contribution in [3.8, 4) is 0 Å². The summed E-state index contributed by atoms with van der Waals surface area (Å²) >= 11 is 6.07. The van der Waals surface area contributed by atoms with Gasteiger partial charge in [-0.2, -0.15) is 0 Å². The first kappa shape index (κ1) is 12.3. The topological polar surface area (TPSA) is 57.0 Å². The van der Waals surface area contributed by atoms with Gasteiger partial charge in [0, 0.05) is 5.02 Å². The summed E-state index contributed by atoms with van der Waals surface area (Å²) in [7, 11) is 0. The molecule has 0 aliphatic heterocycles. The number of rotatable bonds is 3. The molecule has 0 saturated heterocycles. The Kier molecular flexibility index (Phi) is 3.05. The number of halogens is 1. The number of nitrogens with two attached hydrogens (primary N) is 1. The van der Waals surface area contributed by atoms with Crippen molar-refractivity contribution in [2.45, 2.75) is 19.5 Å². The molecule has 4 nitrogen and oxygen atoms in total. The third kappa shape index (κ3) is 2.25. The average molecular weight is 276 g/mol. The van der Waals surface area contributed by atoms with Crippen LogP contribution in [-0.4, -0.2) is 9.55 Å². The van der Waals surface area contributed by atoms with E-state index in [9.17, 15) is 0 Å². The minimum atomic E-state index is -0.152. The molecular formula is C14H14ClN3O. The van der Waals surface area contributed by atoms with E-state index in [1.807, 2.05) is 41.8 Å². The summed E-state index contributed by atoms with van der Waals surface area (Å²) in [6.07, 6.45) is 1.66. The standard InChI is InChI=1S/C14H14ClN3O/c1-9(16)14-17-12-5-4-10(15)7-13(12)18(14)8-11-3-2-6-19-11/h2-7,9H,8,16H2,1H3. The molecule has 0 saturated carbocycles. The zero-order valence-corrected chi connectivity index (χ0v) is 11.3. The lowest BCUT2D eigenvalue weighted by Gasteiger charge is -2.10. The Balaban J connectivity index is 2.18. The molecule has 0 bridgehead atoms. The third-order valence-corrected chi connectivity index (χ3v) is 3.28. The zero-order chi connectivity index (χ0) is 13.4. The number of hydrogen-bond donors (Lipinski definition) is 1. The number of aromatic nitrogens is 2. The normalized spacial score (nSPS) is 13.0. The van der Waals surface area contributed by atoms with E-state index in [1.165, 1.54) is 0 Å². The maximum atomic E-state index is 6.07. The van der Waals surface area contributed by atoms with E-state index in [-0.39, 0.29) is 6.04 Å². The summed E-state index contributed by atoms with van der Waals surface area (Å²) in [6, 6.07) is 9.29. The van der Waals surface area contributed by atoms with Gasteiger partial charge in [-0.05, 0) is 37.3 Å². The molecule has 0 radical (unpaired) electrons. The van der Waals surface area contributed by atoms with Gasteiger partial charge in [-0.15, -0.1) is 0 Å². The van der Waals surface area contributed by atoms with Crippen molar-refractivity contribution in [3.05, 3.63) is 53.2 Å². The van der Waals surface area contributed by atoms with Crippen molar-refractivity contribution in [2.24, 2.45) is 5.73 Å². The first-order valence-corrected chi connectivity index (χ1v) is 6.46. The molecule has 1 atom stereocenters. The second kappa shape index (κ2) is 4.72. The van der Waals surface area contributed by atoms with Crippen molar-refractivity contribution in [2.75, 3.05) is 0 Å². The van der Waals surface area contributed by atoms with Crippen molar-refractivity contribution in [3.63, 3.8) is 0 Å². The molecule has 1 aromatic carbocycles. The minimum absolute atomic E-state index is 0.152. The van der Waals surface area contributed by atoms with E-state index in [0.717, 1.165) is 22.6 Å². The SMILES string of the molecule is CC(N)c1nc2ccc(Cl)cc2n1Cc1ccco1. The van der Waals surface area contributed by atoms with E-state index < -0.39 is 0 Å². The molecule has 2 heterocycles. The highest BCUT2D eigenvalue weighted by Gasteiger charge is 2.15. The van der Waals surface area contributed by atoms with Gasteiger partial charge < -0.3 is 14.7 Å². The molecule has 98 valence electrons. The molecule has 2 aromatic heterocycles. The maximum Gasteiger partial charge on any atom is 0.127 e. The molecule has 0 spiro atoms. The van der Waals surface area contributed by atoms with Crippen LogP contribution in [0, 0.1) is 0 Å². The predicted octanol–water partition coefficient (Wildman–Crippen LogP) is 3.35. The molecule has 3 rings (SSSR count). The highest BCUT2D eigenvalue weighted by Crippen LogP contribution is 2.24. The van der Waals surface area contributed by atoms with Crippen LogP contribution in [0.25, 0.3) is 11.0 Å². The van der Waals surface area contributed by atoms with Gasteiger partial charge in [0.15, 0.2) is 0 Å². The van der Waals surface area contributed by atoms with Crippen LogP contribution in [0.5, 0.6) is 0 Å². The Labute approximate surface area is 115 Å². The van der Waals surface area contributed by atoms with Crippen LogP contribution in [0.3, 0.4) is 0 Å². The number of furan rings is 1. The van der Waals surface area contributed by atoms with Gasteiger partial charge in [0.05, 0.1) is 29.9 Å². The van der Waals surface area contributed by atoms with E-state index in [2.05, 4.69) is 4.98 Å². The van der Waals surface area contributed by atoms with Crippen LogP contribution in [0.2, 0.25) is 5.02 Å². The Morgan fingerprint density at radius 3 is 2.95 bits per heavy atom. The predicted molar refractivity (Wildman–Crippen MR) is 75.2 cm³/mol. The second-order valence-corrected chi connectivity index (χ2v) is 4.99. The van der Waals surface area contributed by atoms with Crippen molar-refractivity contribution in [1.82, 2.24) is 9.55 Å². The first-order valence-electron chi connectivity index (χ1n) is 6.09. The summed E-state index contributed by atoms with van der Waals surface area (Å²) in [5, 5.41) is 0.685. The van der Waals surface area contributed by atoms with Crippen LogP contribution in [-0.2, 0) is 6.54 Å². The van der Waals surface area contributed by atoms with Crippen LogP contribution < -0.4 is 5.73 Å². The van der Waals surface area contributed by atoms with E-state index in [4.69, 9.17) is 21.8 Å². The molecular weight excluding hydrogens is 262 g/mol.